The monoisotopic (exact) mass is 345 g/mol. The summed E-state index contributed by atoms with van der Waals surface area (Å²) >= 11 is 1.72. The van der Waals surface area contributed by atoms with Crippen molar-refractivity contribution in [2.24, 2.45) is 0 Å². The third-order valence-electron chi connectivity index (χ3n) is 4.92. The average molecular weight is 345 g/mol. The summed E-state index contributed by atoms with van der Waals surface area (Å²) < 4.78 is 5.29. The van der Waals surface area contributed by atoms with Gasteiger partial charge in [-0.3, -0.25) is 9.69 Å². The van der Waals surface area contributed by atoms with Gasteiger partial charge in [-0.05, 0) is 44.2 Å². The molecule has 1 fully saturated rings. The van der Waals surface area contributed by atoms with Crippen molar-refractivity contribution in [3.8, 4) is 0 Å². The minimum Gasteiger partial charge on any atom is -0.360 e. The number of rotatable bonds is 3. The summed E-state index contributed by atoms with van der Waals surface area (Å²) in [6, 6.07) is 4.12. The molecule has 0 spiro atoms. The van der Waals surface area contributed by atoms with Crippen LogP contribution in [0.15, 0.2) is 16.7 Å². The van der Waals surface area contributed by atoms with E-state index in [0.717, 1.165) is 61.9 Å². The molecule has 4 rings (SSSR count). The molecule has 24 heavy (non-hydrogen) atoms. The maximum atomic E-state index is 12.8. The molecule has 0 unspecified atom stereocenters. The quantitative estimate of drug-likeness (QED) is 0.858. The van der Waals surface area contributed by atoms with Crippen molar-refractivity contribution in [1.29, 1.82) is 0 Å². The molecule has 0 atom stereocenters. The standard InChI is InChI=1S/C18H23N3O2S/c1-13-10-15(23-19-13)12-20-6-8-21(9-7-20)18(22)17-11-14-4-2-3-5-16(14)24-17/h10-11H,2-9,12H2,1H3. The number of aryl methyl sites for hydroxylation is 3. The third-order valence-corrected chi connectivity index (χ3v) is 6.15. The van der Waals surface area contributed by atoms with Crippen molar-refractivity contribution in [3.63, 3.8) is 0 Å². The SMILES string of the molecule is Cc1cc(CN2CCN(C(=O)c3cc4c(s3)CCCC4)CC2)on1. The van der Waals surface area contributed by atoms with Crippen LogP contribution >= 0.6 is 11.3 Å². The van der Waals surface area contributed by atoms with Gasteiger partial charge >= 0.3 is 0 Å². The molecule has 1 amide bonds. The van der Waals surface area contributed by atoms with E-state index in [2.05, 4.69) is 16.1 Å². The molecule has 6 heteroatoms. The number of piperazine rings is 1. The predicted molar refractivity (Wildman–Crippen MR) is 93.4 cm³/mol. The van der Waals surface area contributed by atoms with Crippen LogP contribution in [0.4, 0.5) is 0 Å². The number of thiophene rings is 1. The highest BCUT2D eigenvalue weighted by Crippen LogP contribution is 2.30. The van der Waals surface area contributed by atoms with Gasteiger partial charge in [0.05, 0.1) is 17.1 Å². The van der Waals surface area contributed by atoms with Gasteiger partial charge in [-0.2, -0.15) is 0 Å². The number of nitrogens with zero attached hydrogens (tertiary/aromatic N) is 3. The van der Waals surface area contributed by atoms with Crippen LogP contribution in [0, 0.1) is 6.92 Å². The maximum Gasteiger partial charge on any atom is 0.264 e. The largest absolute Gasteiger partial charge is 0.360 e. The Kier molecular flexibility index (Phi) is 4.41. The summed E-state index contributed by atoms with van der Waals surface area (Å²) in [5, 5.41) is 3.93. The fraction of sp³-hybridized carbons (Fsp3) is 0.556. The summed E-state index contributed by atoms with van der Waals surface area (Å²) in [7, 11) is 0. The summed E-state index contributed by atoms with van der Waals surface area (Å²) in [6.45, 7) is 6.05. The lowest BCUT2D eigenvalue weighted by Gasteiger charge is -2.33. The van der Waals surface area contributed by atoms with Crippen LogP contribution < -0.4 is 0 Å². The highest BCUT2D eigenvalue weighted by Gasteiger charge is 2.25. The fourth-order valence-electron chi connectivity index (χ4n) is 3.57. The summed E-state index contributed by atoms with van der Waals surface area (Å²) in [4.78, 5) is 19.5. The summed E-state index contributed by atoms with van der Waals surface area (Å²) in [5.41, 5.74) is 2.33. The number of fused-ring (bicyclic) bond motifs is 1. The van der Waals surface area contributed by atoms with E-state index in [1.54, 1.807) is 11.3 Å². The maximum absolute atomic E-state index is 12.8. The van der Waals surface area contributed by atoms with E-state index in [0.29, 0.717) is 0 Å². The van der Waals surface area contributed by atoms with Crippen molar-refractivity contribution in [3.05, 3.63) is 38.9 Å². The molecule has 0 aromatic carbocycles. The van der Waals surface area contributed by atoms with Gasteiger partial charge in [0, 0.05) is 37.1 Å². The molecule has 5 nitrogen and oxygen atoms in total. The molecule has 2 aromatic rings. The molecule has 0 bridgehead atoms. The molecule has 1 aliphatic heterocycles. The van der Waals surface area contributed by atoms with Crippen LogP contribution in [0.2, 0.25) is 0 Å². The van der Waals surface area contributed by atoms with Crippen molar-refractivity contribution >= 4 is 17.2 Å². The van der Waals surface area contributed by atoms with Gasteiger partial charge in [0.1, 0.15) is 0 Å². The average Bonchev–Trinajstić information content (AvgIpc) is 3.21. The Labute approximate surface area is 146 Å². The van der Waals surface area contributed by atoms with Crippen LogP contribution in [0.3, 0.4) is 0 Å². The van der Waals surface area contributed by atoms with Gasteiger partial charge in [0.25, 0.3) is 5.91 Å². The first-order valence-corrected chi connectivity index (χ1v) is 9.56. The smallest absolute Gasteiger partial charge is 0.264 e. The Morgan fingerprint density at radius 3 is 2.71 bits per heavy atom. The highest BCUT2D eigenvalue weighted by atomic mass is 32.1. The van der Waals surface area contributed by atoms with E-state index in [-0.39, 0.29) is 5.91 Å². The molecule has 2 aromatic heterocycles. The van der Waals surface area contributed by atoms with Gasteiger partial charge in [-0.1, -0.05) is 5.16 Å². The van der Waals surface area contributed by atoms with Gasteiger partial charge in [0.2, 0.25) is 0 Å². The number of hydrogen-bond donors (Lipinski definition) is 0. The fourth-order valence-corrected chi connectivity index (χ4v) is 4.79. The van der Waals surface area contributed by atoms with E-state index in [4.69, 9.17) is 4.52 Å². The van der Waals surface area contributed by atoms with Crippen LogP contribution in [0.25, 0.3) is 0 Å². The van der Waals surface area contributed by atoms with E-state index < -0.39 is 0 Å². The highest BCUT2D eigenvalue weighted by molar-refractivity contribution is 7.14. The van der Waals surface area contributed by atoms with E-state index in [9.17, 15) is 4.79 Å². The Balaban J connectivity index is 1.35. The zero-order valence-electron chi connectivity index (χ0n) is 14.1. The van der Waals surface area contributed by atoms with Gasteiger partial charge in [-0.15, -0.1) is 11.3 Å². The Morgan fingerprint density at radius 2 is 2.00 bits per heavy atom. The molecule has 0 N–H and O–H groups in total. The minimum absolute atomic E-state index is 0.213. The van der Waals surface area contributed by atoms with E-state index in [1.807, 2.05) is 17.9 Å². The second kappa shape index (κ2) is 6.69. The Hall–Kier alpha value is -1.66. The molecular formula is C18H23N3O2S. The van der Waals surface area contributed by atoms with Crippen molar-refractivity contribution in [1.82, 2.24) is 15.0 Å². The summed E-state index contributed by atoms with van der Waals surface area (Å²) in [6.07, 6.45) is 4.82. The van der Waals surface area contributed by atoms with Gasteiger partial charge in [0.15, 0.2) is 5.76 Å². The first kappa shape index (κ1) is 15.8. The van der Waals surface area contributed by atoms with E-state index in [1.165, 1.54) is 23.3 Å². The second-order valence-electron chi connectivity index (χ2n) is 6.77. The molecule has 128 valence electrons. The zero-order valence-corrected chi connectivity index (χ0v) is 14.9. The topological polar surface area (TPSA) is 49.6 Å². The lowest BCUT2D eigenvalue weighted by atomic mass is 9.99. The Morgan fingerprint density at radius 1 is 1.21 bits per heavy atom. The van der Waals surface area contributed by atoms with Crippen LogP contribution in [-0.2, 0) is 19.4 Å². The summed E-state index contributed by atoms with van der Waals surface area (Å²) in [5.74, 6) is 1.11. The van der Waals surface area contributed by atoms with Crippen molar-refractivity contribution < 1.29 is 9.32 Å². The number of carbonyl (C=O) groups excluding carboxylic acids is 1. The number of aromatic nitrogens is 1. The second-order valence-corrected chi connectivity index (χ2v) is 7.91. The third kappa shape index (κ3) is 3.26. The minimum atomic E-state index is 0.213. The number of amides is 1. The van der Waals surface area contributed by atoms with Crippen LogP contribution in [-0.4, -0.2) is 47.0 Å². The zero-order chi connectivity index (χ0) is 16.5. The first-order chi connectivity index (χ1) is 11.7. The van der Waals surface area contributed by atoms with Crippen LogP contribution in [0.5, 0.6) is 0 Å². The van der Waals surface area contributed by atoms with Crippen LogP contribution in [0.1, 0.15) is 44.4 Å². The molecule has 0 radical (unpaired) electrons. The van der Waals surface area contributed by atoms with Crippen molar-refractivity contribution in [2.45, 2.75) is 39.2 Å². The van der Waals surface area contributed by atoms with Gasteiger partial charge < -0.3 is 9.42 Å². The normalized spacial score (nSPS) is 18.6. The lowest BCUT2D eigenvalue weighted by molar-refractivity contribution is 0.0622. The lowest BCUT2D eigenvalue weighted by Crippen LogP contribution is -2.48. The first-order valence-electron chi connectivity index (χ1n) is 8.74. The number of hydrogen-bond acceptors (Lipinski definition) is 5. The molecule has 0 saturated carbocycles. The Bertz CT molecular complexity index is 705. The predicted octanol–water partition coefficient (Wildman–Crippen LogP) is 2.88. The van der Waals surface area contributed by atoms with Crippen molar-refractivity contribution in [2.75, 3.05) is 26.2 Å². The molecule has 1 saturated heterocycles. The number of carbonyl (C=O) groups is 1. The van der Waals surface area contributed by atoms with E-state index >= 15 is 0 Å². The molecule has 3 heterocycles. The molecule has 1 aliphatic carbocycles. The van der Waals surface area contributed by atoms with Gasteiger partial charge in [-0.25, -0.2) is 0 Å². The molecular weight excluding hydrogens is 322 g/mol. The molecule has 2 aliphatic rings.